The van der Waals surface area contributed by atoms with E-state index in [9.17, 15) is 0 Å². The van der Waals surface area contributed by atoms with Crippen LogP contribution in [-0.4, -0.2) is 15.0 Å². The molecule has 0 aliphatic carbocycles. The van der Waals surface area contributed by atoms with Crippen molar-refractivity contribution in [1.29, 1.82) is 5.26 Å². The van der Waals surface area contributed by atoms with Crippen molar-refractivity contribution >= 4 is 11.0 Å². The van der Waals surface area contributed by atoms with Crippen molar-refractivity contribution in [3.05, 3.63) is 78.1 Å². The molecular formula is C21H15N5. The molecule has 4 aromatic rings. The quantitative estimate of drug-likeness (QED) is 0.616. The van der Waals surface area contributed by atoms with Crippen molar-refractivity contribution < 1.29 is 0 Å². The zero-order valence-electron chi connectivity index (χ0n) is 13.9. The number of nitrogens with zero attached hydrogens (tertiary/aromatic N) is 4. The predicted octanol–water partition coefficient (Wildman–Crippen LogP) is 3.69. The lowest BCUT2D eigenvalue weighted by atomic mass is 10.0. The van der Waals surface area contributed by atoms with Gasteiger partial charge in [-0.3, -0.25) is 4.98 Å². The van der Waals surface area contributed by atoms with Crippen LogP contribution in [0, 0.1) is 11.3 Å². The van der Waals surface area contributed by atoms with Gasteiger partial charge in [0.2, 0.25) is 0 Å². The Bertz CT molecular complexity index is 1110. The molecule has 4 rings (SSSR count). The fourth-order valence-corrected chi connectivity index (χ4v) is 2.84. The Hall–Kier alpha value is -3.62. The molecule has 0 aliphatic rings. The number of hydrogen-bond donors (Lipinski definition) is 1. The Morgan fingerprint density at radius 3 is 2.12 bits per heavy atom. The highest BCUT2D eigenvalue weighted by Gasteiger charge is 2.13. The van der Waals surface area contributed by atoms with Gasteiger partial charge in [0.1, 0.15) is 0 Å². The summed E-state index contributed by atoms with van der Waals surface area (Å²) in [4.78, 5) is 13.8. The van der Waals surface area contributed by atoms with Crippen LogP contribution in [0.1, 0.15) is 11.1 Å². The van der Waals surface area contributed by atoms with Gasteiger partial charge in [-0.25, -0.2) is 9.97 Å². The van der Waals surface area contributed by atoms with E-state index in [1.807, 2.05) is 42.5 Å². The SMILES string of the molecule is N#Cc1ccc(-c2nc3cc(CN)ccc3nc2-c2ccncc2)cc1. The average Bonchev–Trinajstić information content (AvgIpc) is 2.73. The maximum atomic E-state index is 9.03. The summed E-state index contributed by atoms with van der Waals surface area (Å²) >= 11 is 0. The third-order valence-corrected chi connectivity index (χ3v) is 4.21. The third-order valence-electron chi connectivity index (χ3n) is 4.21. The largest absolute Gasteiger partial charge is 0.326 e. The summed E-state index contributed by atoms with van der Waals surface area (Å²) in [6, 6.07) is 19.2. The molecule has 0 amide bonds. The predicted molar refractivity (Wildman–Crippen MR) is 101 cm³/mol. The smallest absolute Gasteiger partial charge is 0.0991 e. The van der Waals surface area contributed by atoms with Crippen LogP contribution in [0.3, 0.4) is 0 Å². The summed E-state index contributed by atoms with van der Waals surface area (Å²) < 4.78 is 0. The summed E-state index contributed by atoms with van der Waals surface area (Å²) in [5.74, 6) is 0. The molecule has 0 spiro atoms. The number of pyridine rings is 1. The monoisotopic (exact) mass is 337 g/mol. The Morgan fingerprint density at radius 1 is 0.808 bits per heavy atom. The number of nitriles is 1. The summed E-state index contributed by atoms with van der Waals surface area (Å²) in [5, 5.41) is 9.03. The molecule has 2 aromatic heterocycles. The van der Waals surface area contributed by atoms with Gasteiger partial charge in [0.05, 0.1) is 34.1 Å². The number of hydrogen-bond acceptors (Lipinski definition) is 5. The molecule has 26 heavy (non-hydrogen) atoms. The lowest BCUT2D eigenvalue weighted by Gasteiger charge is -2.11. The van der Waals surface area contributed by atoms with Crippen molar-refractivity contribution in [2.75, 3.05) is 0 Å². The molecule has 0 fully saturated rings. The topological polar surface area (TPSA) is 88.5 Å². The highest BCUT2D eigenvalue weighted by atomic mass is 14.8. The lowest BCUT2D eigenvalue weighted by Crippen LogP contribution is -1.99. The summed E-state index contributed by atoms with van der Waals surface area (Å²) in [6.07, 6.45) is 3.47. The summed E-state index contributed by atoms with van der Waals surface area (Å²) in [7, 11) is 0. The fourth-order valence-electron chi connectivity index (χ4n) is 2.84. The molecule has 2 N–H and O–H groups in total. The number of fused-ring (bicyclic) bond motifs is 1. The van der Waals surface area contributed by atoms with Crippen molar-refractivity contribution in [1.82, 2.24) is 15.0 Å². The van der Waals surface area contributed by atoms with Gasteiger partial charge in [0, 0.05) is 30.1 Å². The van der Waals surface area contributed by atoms with Gasteiger partial charge in [-0.2, -0.15) is 5.26 Å². The van der Waals surface area contributed by atoms with Gasteiger partial charge in [0.25, 0.3) is 0 Å². The Labute approximate surface area is 150 Å². The normalized spacial score (nSPS) is 10.6. The Balaban J connectivity index is 1.98. The van der Waals surface area contributed by atoms with E-state index in [1.165, 1.54) is 0 Å². The first-order valence-corrected chi connectivity index (χ1v) is 8.20. The molecule has 0 unspecified atom stereocenters. The van der Waals surface area contributed by atoms with E-state index in [-0.39, 0.29) is 0 Å². The molecule has 0 radical (unpaired) electrons. The highest BCUT2D eigenvalue weighted by Crippen LogP contribution is 2.31. The molecule has 124 valence electrons. The van der Waals surface area contributed by atoms with Crippen molar-refractivity contribution in [2.45, 2.75) is 6.54 Å². The van der Waals surface area contributed by atoms with Gasteiger partial charge < -0.3 is 5.73 Å². The number of aromatic nitrogens is 3. The molecule has 2 heterocycles. The fraction of sp³-hybridized carbons (Fsp3) is 0.0476. The summed E-state index contributed by atoms with van der Waals surface area (Å²) in [6.45, 7) is 0.454. The highest BCUT2D eigenvalue weighted by molar-refractivity contribution is 5.86. The lowest BCUT2D eigenvalue weighted by molar-refractivity contribution is 1.07. The average molecular weight is 337 g/mol. The van der Waals surface area contributed by atoms with E-state index in [4.69, 9.17) is 21.0 Å². The molecule has 0 bridgehead atoms. The second-order valence-electron chi connectivity index (χ2n) is 5.87. The van der Waals surface area contributed by atoms with Gasteiger partial charge in [0.15, 0.2) is 0 Å². The van der Waals surface area contributed by atoms with Crippen LogP contribution in [0.25, 0.3) is 33.5 Å². The third kappa shape index (κ3) is 2.90. The molecule has 0 saturated carbocycles. The first-order chi connectivity index (χ1) is 12.8. The Morgan fingerprint density at radius 2 is 1.46 bits per heavy atom. The maximum absolute atomic E-state index is 9.03. The van der Waals surface area contributed by atoms with E-state index in [1.54, 1.807) is 24.5 Å². The standard InChI is InChI=1S/C21H15N5/c22-12-14-1-4-16(5-2-14)20-21(17-7-9-24-10-8-17)25-18-6-3-15(13-23)11-19(18)26-20/h1-11H,13,23H2. The Kier molecular flexibility index (Phi) is 4.10. The van der Waals surface area contributed by atoms with Crippen molar-refractivity contribution in [3.63, 3.8) is 0 Å². The number of nitrogens with two attached hydrogens (primary N) is 1. The zero-order valence-corrected chi connectivity index (χ0v) is 13.9. The first-order valence-electron chi connectivity index (χ1n) is 8.20. The van der Waals surface area contributed by atoms with Crippen LogP contribution in [0.15, 0.2) is 67.0 Å². The van der Waals surface area contributed by atoms with Crippen LogP contribution in [0.2, 0.25) is 0 Å². The van der Waals surface area contributed by atoms with Crippen LogP contribution in [0.4, 0.5) is 0 Å². The zero-order chi connectivity index (χ0) is 17.9. The first kappa shape index (κ1) is 15.9. The minimum atomic E-state index is 0.454. The second kappa shape index (κ2) is 6.71. The summed E-state index contributed by atoms with van der Waals surface area (Å²) in [5.41, 5.74) is 12.4. The molecule has 5 heteroatoms. The van der Waals surface area contributed by atoms with Gasteiger partial charge in [-0.05, 0) is 42.0 Å². The molecule has 0 aliphatic heterocycles. The number of rotatable bonds is 3. The molecular weight excluding hydrogens is 322 g/mol. The maximum Gasteiger partial charge on any atom is 0.0991 e. The minimum absolute atomic E-state index is 0.454. The van der Waals surface area contributed by atoms with Crippen molar-refractivity contribution in [3.8, 4) is 28.6 Å². The van der Waals surface area contributed by atoms with E-state index in [0.717, 1.165) is 39.1 Å². The molecule has 5 nitrogen and oxygen atoms in total. The molecule has 2 aromatic carbocycles. The van der Waals surface area contributed by atoms with E-state index in [2.05, 4.69) is 11.1 Å². The van der Waals surface area contributed by atoms with Crippen LogP contribution in [0.5, 0.6) is 0 Å². The van der Waals surface area contributed by atoms with Gasteiger partial charge in [-0.1, -0.05) is 18.2 Å². The van der Waals surface area contributed by atoms with Gasteiger partial charge >= 0.3 is 0 Å². The van der Waals surface area contributed by atoms with Gasteiger partial charge in [-0.15, -0.1) is 0 Å². The van der Waals surface area contributed by atoms with Crippen LogP contribution in [-0.2, 0) is 6.54 Å². The van der Waals surface area contributed by atoms with E-state index >= 15 is 0 Å². The second-order valence-corrected chi connectivity index (χ2v) is 5.87. The van der Waals surface area contributed by atoms with E-state index < -0.39 is 0 Å². The minimum Gasteiger partial charge on any atom is -0.326 e. The van der Waals surface area contributed by atoms with E-state index in [0.29, 0.717) is 12.1 Å². The number of benzene rings is 2. The van der Waals surface area contributed by atoms with Crippen LogP contribution < -0.4 is 5.73 Å². The van der Waals surface area contributed by atoms with Crippen LogP contribution >= 0.6 is 0 Å². The molecule has 0 saturated heterocycles. The van der Waals surface area contributed by atoms with Crippen molar-refractivity contribution in [2.24, 2.45) is 5.73 Å². The molecule has 0 atom stereocenters.